The number of nitriles is 2. The minimum atomic E-state index is 0.000498. The second-order valence-electron chi connectivity index (χ2n) is 2.33. The molecule has 0 aliphatic heterocycles. The summed E-state index contributed by atoms with van der Waals surface area (Å²) in [5.74, 6) is 0.603. The molecule has 0 spiro atoms. The fourth-order valence-corrected chi connectivity index (χ4v) is 2.59. The van der Waals surface area contributed by atoms with E-state index in [1.807, 2.05) is 12.1 Å². The van der Waals surface area contributed by atoms with E-state index in [0.29, 0.717) is 15.8 Å². The Bertz CT molecular complexity index is 410. The molecule has 0 aromatic heterocycles. The van der Waals surface area contributed by atoms with Crippen LogP contribution >= 0.6 is 38.5 Å². The van der Waals surface area contributed by atoms with Gasteiger partial charge in [-0.1, -0.05) is 0 Å². The van der Waals surface area contributed by atoms with Gasteiger partial charge in [-0.05, 0) is 50.7 Å². The first-order valence-electron chi connectivity index (χ1n) is 3.58. The van der Waals surface area contributed by atoms with Crippen molar-refractivity contribution in [1.82, 2.24) is 0 Å². The first kappa shape index (κ1) is 11.3. The minimum absolute atomic E-state index is 0.000498. The molecule has 0 atom stereocenters. The molecule has 1 rings (SSSR count). The van der Waals surface area contributed by atoms with Crippen LogP contribution in [0.15, 0.2) is 16.6 Å². The van der Waals surface area contributed by atoms with Crippen LogP contribution in [0.4, 0.5) is 0 Å². The predicted octanol–water partition coefficient (Wildman–Crippen LogP) is 2.83. The third-order valence-electron chi connectivity index (χ3n) is 1.41. The lowest BCUT2D eigenvalue weighted by molar-refractivity contribution is 0.363. The van der Waals surface area contributed by atoms with Crippen LogP contribution in [0.5, 0.6) is 5.75 Å². The Balaban J connectivity index is 3.08. The SMILES string of the molecule is N#CCOc1c(Br)cc(C#N)cc1I. The molecule has 1 aromatic carbocycles. The second kappa shape index (κ2) is 5.18. The number of ether oxygens (including phenoxy) is 1. The van der Waals surface area contributed by atoms with Crippen LogP contribution in [-0.4, -0.2) is 6.61 Å². The molecule has 70 valence electrons. The van der Waals surface area contributed by atoms with Crippen LogP contribution in [0.25, 0.3) is 0 Å². The van der Waals surface area contributed by atoms with Gasteiger partial charge in [0.15, 0.2) is 6.61 Å². The molecule has 0 bridgehead atoms. The highest BCUT2D eigenvalue weighted by atomic mass is 127. The van der Waals surface area contributed by atoms with E-state index in [4.69, 9.17) is 15.3 Å². The van der Waals surface area contributed by atoms with Gasteiger partial charge in [0.25, 0.3) is 0 Å². The third-order valence-corrected chi connectivity index (χ3v) is 2.80. The van der Waals surface area contributed by atoms with Crippen molar-refractivity contribution in [3.05, 3.63) is 25.7 Å². The van der Waals surface area contributed by atoms with E-state index in [1.54, 1.807) is 12.1 Å². The maximum atomic E-state index is 8.69. The summed E-state index contributed by atoms with van der Waals surface area (Å²) in [6.07, 6.45) is 0. The molecule has 0 saturated carbocycles. The zero-order chi connectivity index (χ0) is 10.6. The predicted molar refractivity (Wildman–Crippen MR) is 62.7 cm³/mol. The average Bonchev–Trinajstić information content (AvgIpc) is 2.16. The Kier molecular flexibility index (Phi) is 4.18. The molecule has 0 fully saturated rings. The van der Waals surface area contributed by atoms with Gasteiger partial charge in [-0.25, -0.2) is 0 Å². The van der Waals surface area contributed by atoms with Crippen molar-refractivity contribution >= 4 is 38.5 Å². The first-order valence-corrected chi connectivity index (χ1v) is 5.45. The van der Waals surface area contributed by atoms with Gasteiger partial charge >= 0.3 is 0 Å². The van der Waals surface area contributed by atoms with E-state index in [1.165, 1.54) is 0 Å². The van der Waals surface area contributed by atoms with Crippen LogP contribution in [0, 0.1) is 26.2 Å². The lowest BCUT2D eigenvalue weighted by Crippen LogP contribution is -1.97. The zero-order valence-corrected chi connectivity index (χ0v) is 10.7. The van der Waals surface area contributed by atoms with Crippen molar-refractivity contribution in [2.45, 2.75) is 0 Å². The fourth-order valence-electron chi connectivity index (χ4n) is 0.867. The second-order valence-corrected chi connectivity index (χ2v) is 4.34. The summed E-state index contributed by atoms with van der Waals surface area (Å²) in [7, 11) is 0. The quantitative estimate of drug-likeness (QED) is 0.760. The van der Waals surface area contributed by atoms with Gasteiger partial charge in [0.2, 0.25) is 0 Å². The zero-order valence-electron chi connectivity index (χ0n) is 6.92. The number of hydrogen-bond acceptors (Lipinski definition) is 3. The summed E-state index contributed by atoms with van der Waals surface area (Å²) >= 11 is 5.34. The Morgan fingerprint density at radius 1 is 1.43 bits per heavy atom. The number of nitrogens with zero attached hydrogens (tertiary/aromatic N) is 2. The molecule has 0 saturated heterocycles. The maximum absolute atomic E-state index is 8.69. The third kappa shape index (κ3) is 2.60. The molecule has 14 heavy (non-hydrogen) atoms. The van der Waals surface area contributed by atoms with Crippen molar-refractivity contribution in [2.24, 2.45) is 0 Å². The Labute approximate surface area is 104 Å². The van der Waals surface area contributed by atoms with E-state index in [-0.39, 0.29) is 6.61 Å². The van der Waals surface area contributed by atoms with E-state index in [9.17, 15) is 0 Å². The molecule has 1 aromatic rings. The lowest BCUT2D eigenvalue weighted by Gasteiger charge is -2.07. The number of halogens is 2. The summed E-state index contributed by atoms with van der Waals surface area (Å²) in [6, 6.07) is 7.29. The Morgan fingerprint density at radius 2 is 2.14 bits per heavy atom. The highest BCUT2D eigenvalue weighted by molar-refractivity contribution is 14.1. The van der Waals surface area contributed by atoms with Crippen molar-refractivity contribution < 1.29 is 4.74 Å². The molecule has 5 heteroatoms. The minimum Gasteiger partial charge on any atom is -0.476 e. The van der Waals surface area contributed by atoms with Crippen molar-refractivity contribution in [2.75, 3.05) is 6.61 Å². The molecule has 0 amide bonds. The van der Waals surface area contributed by atoms with Gasteiger partial charge in [-0.3, -0.25) is 0 Å². The van der Waals surface area contributed by atoms with Gasteiger partial charge < -0.3 is 4.74 Å². The number of benzene rings is 1. The summed E-state index contributed by atoms with van der Waals surface area (Å²) in [5.41, 5.74) is 0.561. The van der Waals surface area contributed by atoms with Gasteiger partial charge in [-0.2, -0.15) is 10.5 Å². The van der Waals surface area contributed by atoms with Crippen molar-refractivity contribution in [1.29, 1.82) is 10.5 Å². The molecule has 0 N–H and O–H groups in total. The molecule has 3 nitrogen and oxygen atoms in total. The lowest BCUT2D eigenvalue weighted by atomic mass is 10.2. The monoisotopic (exact) mass is 362 g/mol. The fraction of sp³-hybridized carbons (Fsp3) is 0.111. The topological polar surface area (TPSA) is 56.8 Å². The summed E-state index contributed by atoms with van der Waals surface area (Å²) < 4.78 is 6.69. The standard InChI is InChI=1S/C9H4BrIN2O/c10-7-3-6(5-13)4-8(11)9(7)14-2-1-12/h3-4H,2H2. The van der Waals surface area contributed by atoms with Crippen LogP contribution in [0.3, 0.4) is 0 Å². The van der Waals surface area contributed by atoms with Crippen molar-refractivity contribution in [3.63, 3.8) is 0 Å². The average molecular weight is 363 g/mol. The van der Waals surface area contributed by atoms with Crippen LogP contribution < -0.4 is 4.74 Å². The Hall–Kier alpha value is -0.790. The molecule has 0 unspecified atom stereocenters. The van der Waals surface area contributed by atoms with Crippen LogP contribution in [0.2, 0.25) is 0 Å². The maximum Gasteiger partial charge on any atom is 0.174 e. The van der Waals surface area contributed by atoms with E-state index < -0.39 is 0 Å². The Morgan fingerprint density at radius 3 is 2.64 bits per heavy atom. The smallest absolute Gasteiger partial charge is 0.174 e. The molecular weight excluding hydrogens is 359 g/mol. The normalized spacial score (nSPS) is 8.86. The summed E-state index contributed by atoms with van der Waals surface area (Å²) in [6.45, 7) is 0.000498. The van der Waals surface area contributed by atoms with Crippen LogP contribution in [-0.2, 0) is 0 Å². The highest BCUT2D eigenvalue weighted by Gasteiger charge is 2.08. The van der Waals surface area contributed by atoms with Gasteiger partial charge in [0.1, 0.15) is 11.8 Å². The molecule has 0 radical (unpaired) electrons. The van der Waals surface area contributed by atoms with Crippen molar-refractivity contribution in [3.8, 4) is 17.9 Å². The van der Waals surface area contributed by atoms with E-state index in [0.717, 1.165) is 3.57 Å². The van der Waals surface area contributed by atoms with E-state index >= 15 is 0 Å². The molecule has 0 aliphatic rings. The molecule has 0 heterocycles. The molecule has 0 aliphatic carbocycles. The highest BCUT2D eigenvalue weighted by Crippen LogP contribution is 2.31. The number of rotatable bonds is 2. The number of hydrogen-bond donors (Lipinski definition) is 0. The summed E-state index contributed by atoms with van der Waals surface area (Å²) in [4.78, 5) is 0. The van der Waals surface area contributed by atoms with Gasteiger partial charge in [-0.15, -0.1) is 0 Å². The van der Waals surface area contributed by atoms with Gasteiger partial charge in [0.05, 0.1) is 19.7 Å². The first-order chi connectivity index (χ1) is 6.69. The van der Waals surface area contributed by atoms with Gasteiger partial charge in [0, 0.05) is 0 Å². The summed E-state index contributed by atoms with van der Waals surface area (Å²) in [5, 5.41) is 17.1. The molecular formula is C9H4BrIN2O. The largest absolute Gasteiger partial charge is 0.476 e. The van der Waals surface area contributed by atoms with E-state index in [2.05, 4.69) is 38.5 Å². The van der Waals surface area contributed by atoms with Crippen LogP contribution in [0.1, 0.15) is 5.56 Å².